The van der Waals surface area contributed by atoms with Gasteiger partial charge in [-0.25, -0.2) is 0 Å². The molecule has 1 aliphatic carbocycles. The van der Waals surface area contributed by atoms with Gasteiger partial charge in [-0.3, -0.25) is 9.78 Å². The van der Waals surface area contributed by atoms with Crippen LogP contribution < -0.4 is 5.32 Å². The Balaban J connectivity index is 0.000000829. The van der Waals surface area contributed by atoms with Crippen LogP contribution in [0, 0.1) is 5.92 Å². The molecule has 1 N–H and O–H groups in total. The summed E-state index contributed by atoms with van der Waals surface area (Å²) in [5.74, 6) is 0.819. The molecule has 0 saturated heterocycles. The molecule has 20 heavy (non-hydrogen) atoms. The Bertz CT molecular complexity index is 343. The van der Waals surface area contributed by atoms with E-state index >= 15 is 0 Å². The number of hydrogen-bond donors (Lipinski definition) is 1. The highest BCUT2D eigenvalue weighted by molar-refractivity contribution is 5.93. The van der Waals surface area contributed by atoms with Crippen molar-refractivity contribution in [2.75, 3.05) is 0 Å². The van der Waals surface area contributed by atoms with Crippen LogP contribution >= 0.6 is 0 Å². The summed E-state index contributed by atoms with van der Waals surface area (Å²) < 4.78 is 0. The number of hydrogen-bond acceptors (Lipinski definition) is 2. The number of pyridine rings is 1. The number of carbonyl (C=O) groups excluding carboxylic acids is 1. The number of nitrogens with zero attached hydrogens (tertiary/aromatic N) is 1. The largest absolute Gasteiger partial charge is 0.349 e. The molecule has 0 unspecified atom stereocenters. The Labute approximate surface area is 124 Å². The van der Waals surface area contributed by atoms with Gasteiger partial charge < -0.3 is 5.32 Å². The number of rotatable bonds is 2. The van der Waals surface area contributed by atoms with E-state index in [0.29, 0.717) is 11.6 Å². The Morgan fingerprint density at radius 1 is 1.15 bits per heavy atom. The topological polar surface area (TPSA) is 42.0 Å². The molecule has 0 radical (unpaired) electrons. The van der Waals surface area contributed by atoms with Crippen molar-refractivity contribution >= 4 is 5.91 Å². The molecule has 1 saturated carbocycles. The third-order valence-corrected chi connectivity index (χ3v) is 3.27. The maximum atomic E-state index is 11.8. The van der Waals surface area contributed by atoms with E-state index in [2.05, 4.69) is 17.2 Å². The highest BCUT2D eigenvalue weighted by Gasteiger charge is 2.20. The fourth-order valence-electron chi connectivity index (χ4n) is 2.17. The van der Waals surface area contributed by atoms with Gasteiger partial charge in [0.1, 0.15) is 0 Å². The minimum Gasteiger partial charge on any atom is -0.349 e. The van der Waals surface area contributed by atoms with Gasteiger partial charge in [0.05, 0.1) is 5.56 Å². The van der Waals surface area contributed by atoms with Gasteiger partial charge in [-0.2, -0.15) is 0 Å². The van der Waals surface area contributed by atoms with E-state index in [0.717, 1.165) is 18.8 Å². The average Bonchev–Trinajstić information content (AvgIpc) is 2.54. The van der Waals surface area contributed by atoms with Gasteiger partial charge >= 0.3 is 0 Å². The van der Waals surface area contributed by atoms with Gasteiger partial charge in [0.25, 0.3) is 5.91 Å². The zero-order chi connectivity index (χ0) is 15.4. The van der Waals surface area contributed by atoms with Gasteiger partial charge in [0.2, 0.25) is 0 Å². The summed E-state index contributed by atoms with van der Waals surface area (Å²) in [6.07, 6.45) is 7.94. The van der Waals surface area contributed by atoms with Crippen molar-refractivity contribution in [3.8, 4) is 0 Å². The van der Waals surface area contributed by atoms with E-state index in [1.807, 2.05) is 27.7 Å². The molecule has 1 aromatic rings. The number of carbonyl (C=O) groups is 1. The van der Waals surface area contributed by atoms with Crippen LogP contribution in [-0.4, -0.2) is 16.9 Å². The second-order valence-electron chi connectivity index (χ2n) is 4.67. The van der Waals surface area contributed by atoms with Gasteiger partial charge in [-0.15, -0.1) is 0 Å². The van der Waals surface area contributed by atoms with Gasteiger partial charge in [0.15, 0.2) is 0 Å². The molecule has 1 fully saturated rings. The highest BCUT2D eigenvalue weighted by Crippen LogP contribution is 2.23. The molecule has 3 nitrogen and oxygen atoms in total. The first-order chi connectivity index (χ1) is 9.75. The predicted octanol–water partition coefficient (Wildman–Crippen LogP) is 4.44. The molecule has 1 aromatic heterocycles. The lowest BCUT2D eigenvalue weighted by Crippen LogP contribution is -2.37. The van der Waals surface area contributed by atoms with E-state index in [9.17, 15) is 4.79 Å². The molecular formula is C17H30N2O. The van der Waals surface area contributed by atoms with Gasteiger partial charge in [-0.1, -0.05) is 34.6 Å². The third kappa shape index (κ3) is 6.69. The lowest BCUT2D eigenvalue weighted by Gasteiger charge is -2.26. The quantitative estimate of drug-likeness (QED) is 0.868. The fourth-order valence-corrected chi connectivity index (χ4v) is 2.17. The van der Waals surface area contributed by atoms with Crippen molar-refractivity contribution in [2.24, 2.45) is 5.92 Å². The van der Waals surface area contributed by atoms with Crippen LogP contribution in [0.25, 0.3) is 0 Å². The smallest absolute Gasteiger partial charge is 0.253 e. The monoisotopic (exact) mass is 278 g/mol. The molecule has 0 aromatic carbocycles. The van der Waals surface area contributed by atoms with Gasteiger partial charge in [-0.05, 0) is 43.7 Å². The third-order valence-electron chi connectivity index (χ3n) is 3.27. The predicted molar refractivity (Wildman–Crippen MR) is 85.8 cm³/mol. The zero-order valence-corrected chi connectivity index (χ0v) is 13.6. The van der Waals surface area contributed by atoms with Crippen molar-refractivity contribution in [2.45, 2.75) is 66.3 Å². The summed E-state index contributed by atoms with van der Waals surface area (Å²) in [6, 6.07) is 3.94. The van der Waals surface area contributed by atoms with E-state index in [4.69, 9.17) is 0 Å². The first-order valence-electron chi connectivity index (χ1n) is 7.96. The summed E-state index contributed by atoms with van der Waals surface area (Å²) in [5.41, 5.74) is 0.654. The van der Waals surface area contributed by atoms with Crippen LogP contribution in [0.4, 0.5) is 0 Å². The van der Waals surface area contributed by atoms with Crippen LogP contribution in [0.2, 0.25) is 0 Å². The summed E-state index contributed by atoms with van der Waals surface area (Å²) in [5, 5.41) is 3.08. The molecule has 0 aliphatic heterocycles. The molecular weight excluding hydrogens is 248 g/mol. The molecule has 0 atom stereocenters. The Kier molecular flexibility index (Phi) is 10.7. The Hall–Kier alpha value is -1.38. The zero-order valence-electron chi connectivity index (χ0n) is 13.6. The lowest BCUT2D eigenvalue weighted by molar-refractivity contribution is 0.0922. The Morgan fingerprint density at radius 3 is 2.25 bits per heavy atom. The summed E-state index contributed by atoms with van der Waals surface area (Å²) >= 11 is 0. The number of nitrogens with one attached hydrogen (secondary N) is 1. The molecule has 0 bridgehead atoms. The molecule has 114 valence electrons. The van der Waals surface area contributed by atoms with Crippen LogP contribution in [0.3, 0.4) is 0 Å². The lowest BCUT2D eigenvalue weighted by atomic mass is 9.87. The summed E-state index contributed by atoms with van der Waals surface area (Å²) in [4.78, 5) is 15.8. The number of amides is 1. The van der Waals surface area contributed by atoms with E-state index < -0.39 is 0 Å². The second kappa shape index (κ2) is 11.4. The van der Waals surface area contributed by atoms with Crippen molar-refractivity contribution in [1.29, 1.82) is 0 Å². The minimum absolute atomic E-state index is 0.00709. The summed E-state index contributed by atoms with van der Waals surface area (Å²) in [6.45, 7) is 10.3. The molecule has 1 amide bonds. The maximum absolute atomic E-state index is 11.8. The van der Waals surface area contributed by atoms with Crippen molar-refractivity contribution in [1.82, 2.24) is 10.3 Å². The van der Waals surface area contributed by atoms with Crippen LogP contribution in [0.15, 0.2) is 24.5 Å². The van der Waals surface area contributed by atoms with Crippen LogP contribution in [-0.2, 0) is 0 Å². The normalized spacial score (nSPS) is 20.6. The molecule has 1 heterocycles. The van der Waals surface area contributed by atoms with Crippen LogP contribution in [0.5, 0.6) is 0 Å². The summed E-state index contributed by atoms with van der Waals surface area (Å²) in [7, 11) is 0. The van der Waals surface area contributed by atoms with E-state index in [1.165, 1.54) is 12.8 Å². The van der Waals surface area contributed by atoms with Crippen molar-refractivity contribution in [3.05, 3.63) is 30.1 Å². The first kappa shape index (κ1) is 18.6. The number of aromatic nitrogens is 1. The minimum atomic E-state index is 0.00709. The molecule has 1 aliphatic rings. The second-order valence-corrected chi connectivity index (χ2v) is 4.67. The maximum Gasteiger partial charge on any atom is 0.253 e. The average molecular weight is 278 g/mol. The fraction of sp³-hybridized carbons (Fsp3) is 0.647. The molecule has 0 spiro atoms. The van der Waals surface area contributed by atoms with E-state index in [-0.39, 0.29) is 5.91 Å². The van der Waals surface area contributed by atoms with Crippen LogP contribution in [0.1, 0.15) is 70.7 Å². The standard InChI is InChI=1S/C13H18N2O.2C2H6/c1-10-4-6-12(7-5-10)15-13(16)11-3-2-8-14-9-11;2*1-2/h2-3,8-10,12H,4-7H2,1H3,(H,15,16);2*1-2H3. The highest BCUT2D eigenvalue weighted by atomic mass is 16.1. The molecule has 3 heteroatoms. The van der Waals surface area contributed by atoms with Gasteiger partial charge in [0, 0.05) is 18.4 Å². The van der Waals surface area contributed by atoms with E-state index in [1.54, 1.807) is 24.5 Å². The molecule has 2 rings (SSSR count). The first-order valence-corrected chi connectivity index (χ1v) is 7.96. The van der Waals surface area contributed by atoms with Crippen molar-refractivity contribution in [3.63, 3.8) is 0 Å². The Morgan fingerprint density at radius 2 is 1.75 bits per heavy atom. The van der Waals surface area contributed by atoms with Crippen molar-refractivity contribution < 1.29 is 4.79 Å². The SMILES string of the molecule is CC.CC.CC1CCC(NC(=O)c2cccnc2)CC1.